The molecule has 1 amide bonds. The number of halogens is 1. The molecule has 78 valence electrons. The van der Waals surface area contributed by atoms with Crippen molar-refractivity contribution in [3.63, 3.8) is 0 Å². The van der Waals surface area contributed by atoms with Crippen molar-refractivity contribution in [2.24, 2.45) is 0 Å². The van der Waals surface area contributed by atoms with Crippen molar-refractivity contribution < 1.29 is 4.79 Å². The molecule has 0 heterocycles. The maximum absolute atomic E-state index is 11.6. The molecule has 0 aliphatic carbocycles. The van der Waals surface area contributed by atoms with E-state index in [9.17, 15) is 4.79 Å². The zero-order valence-electron chi connectivity index (χ0n) is 8.51. The second kappa shape index (κ2) is 6.46. The smallest absolute Gasteiger partial charge is 0.251 e. The summed E-state index contributed by atoms with van der Waals surface area (Å²) in [5.74, 6) is 5.65. The van der Waals surface area contributed by atoms with Crippen molar-refractivity contribution >= 4 is 28.5 Å². The Kier molecular flexibility index (Phi) is 5.19. The third-order valence-electron chi connectivity index (χ3n) is 1.82. The Balaban J connectivity index is 2.46. The Bertz CT molecular complexity index is 386. The minimum absolute atomic E-state index is 0.0377. The molecule has 1 N–H and O–H groups in total. The molecule has 0 radical (unpaired) electrons. The molecule has 0 saturated carbocycles. The van der Waals surface area contributed by atoms with Gasteiger partial charge in [-0.2, -0.15) is 0 Å². The Labute approximate surface area is 104 Å². The lowest BCUT2D eigenvalue weighted by molar-refractivity contribution is 0.0954. The fraction of sp³-hybridized carbons (Fsp3) is 0.250. The number of rotatable bonds is 3. The highest BCUT2D eigenvalue weighted by Crippen LogP contribution is 2.06. The fourth-order valence-electron chi connectivity index (χ4n) is 1.07. The standard InChI is InChI=1S/C12H12INO/c1-2-3-4-9-14-12(15)10-5-7-11(13)8-6-10/h5-8H,4,9H2,1H3,(H,14,15). The molecule has 0 aromatic heterocycles. The summed E-state index contributed by atoms with van der Waals surface area (Å²) in [6, 6.07) is 7.48. The molecule has 0 bridgehead atoms. The molecule has 0 unspecified atom stereocenters. The van der Waals surface area contributed by atoms with Gasteiger partial charge >= 0.3 is 0 Å². The molecular formula is C12H12INO. The van der Waals surface area contributed by atoms with Gasteiger partial charge in [-0.25, -0.2) is 0 Å². The lowest BCUT2D eigenvalue weighted by atomic mass is 10.2. The van der Waals surface area contributed by atoms with Crippen LogP contribution >= 0.6 is 22.6 Å². The number of hydrogen-bond donors (Lipinski definition) is 1. The van der Waals surface area contributed by atoms with Crippen LogP contribution in [0.2, 0.25) is 0 Å². The minimum Gasteiger partial charge on any atom is -0.351 e. The van der Waals surface area contributed by atoms with Crippen LogP contribution in [0.1, 0.15) is 23.7 Å². The van der Waals surface area contributed by atoms with Crippen molar-refractivity contribution in [3.05, 3.63) is 33.4 Å². The van der Waals surface area contributed by atoms with Gasteiger partial charge in [-0.15, -0.1) is 11.8 Å². The topological polar surface area (TPSA) is 29.1 Å². The van der Waals surface area contributed by atoms with Gasteiger partial charge in [0, 0.05) is 22.1 Å². The van der Waals surface area contributed by atoms with E-state index in [4.69, 9.17) is 0 Å². The maximum Gasteiger partial charge on any atom is 0.251 e. The minimum atomic E-state index is -0.0377. The van der Waals surface area contributed by atoms with E-state index >= 15 is 0 Å². The summed E-state index contributed by atoms with van der Waals surface area (Å²) in [7, 11) is 0. The Morgan fingerprint density at radius 1 is 1.40 bits per heavy atom. The molecule has 3 heteroatoms. The number of benzene rings is 1. The Hall–Kier alpha value is -1.02. The average molecular weight is 313 g/mol. The van der Waals surface area contributed by atoms with Crippen molar-refractivity contribution in [3.8, 4) is 11.8 Å². The SMILES string of the molecule is CC#CCCNC(=O)c1ccc(I)cc1. The van der Waals surface area contributed by atoms with Gasteiger partial charge in [0.15, 0.2) is 0 Å². The molecule has 15 heavy (non-hydrogen) atoms. The summed E-state index contributed by atoms with van der Waals surface area (Å²) < 4.78 is 1.13. The summed E-state index contributed by atoms with van der Waals surface area (Å²) in [5, 5.41) is 2.81. The van der Waals surface area contributed by atoms with Crippen LogP contribution in [0.15, 0.2) is 24.3 Å². The molecule has 0 fully saturated rings. The normalized spacial score (nSPS) is 8.93. The first kappa shape index (κ1) is 12.1. The van der Waals surface area contributed by atoms with E-state index < -0.39 is 0 Å². The Morgan fingerprint density at radius 2 is 2.07 bits per heavy atom. The highest BCUT2D eigenvalue weighted by atomic mass is 127. The first-order valence-corrected chi connectivity index (χ1v) is 5.75. The molecule has 0 saturated heterocycles. The molecule has 2 nitrogen and oxygen atoms in total. The number of carbonyl (C=O) groups is 1. The van der Waals surface area contributed by atoms with Gasteiger partial charge in [-0.1, -0.05) is 0 Å². The van der Waals surface area contributed by atoms with E-state index in [2.05, 4.69) is 39.7 Å². The average Bonchev–Trinajstić information content (AvgIpc) is 2.25. The summed E-state index contributed by atoms with van der Waals surface area (Å²) in [5.41, 5.74) is 0.694. The quantitative estimate of drug-likeness (QED) is 0.518. The van der Waals surface area contributed by atoms with Crippen molar-refractivity contribution in [2.45, 2.75) is 13.3 Å². The van der Waals surface area contributed by atoms with Gasteiger partial charge in [0.2, 0.25) is 0 Å². The van der Waals surface area contributed by atoms with Gasteiger partial charge in [0.1, 0.15) is 0 Å². The number of hydrogen-bond acceptors (Lipinski definition) is 1. The van der Waals surface area contributed by atoms with Gasteiger partial charge in [-0.3, -0.25) is 4.79 Å². The highest BCUT2D eigenvalue weighted by molar-refractivity contribution is 14.1. The molecule has 1 aromatic rings. The van der Waals surface area contributed by atoms with Crippen molar-refractivity contribution in [1.29, 1.82) is 0 Å². The first-order valence-electron chi connectivity index (χ1n) is 4.67. The van der Waals surface area contributed by atoms with Crippen LogP contribution in [0.4, 0.5) is 0 Å². The van der Waals surface area contributed by atoms with E-state index in [1.165, 1.54) is 0 Å². The van der Waals surface area contributed by atoms with E-state index in [1.807, 2.05) is 24.3 Å². The van der Waals surface area contributed by atoms with E-state index in [0.717, 1.165) is 3.57 Å². The van der Waals surface area contributed by atoms with Crippen LogP contribution in [0.5, 0.6) is 0 Å². The third kappa shape index (κ3) is 4.34. The largest absolute Gasteiger partial charge is 0.351 e. The predicted octanol–water partition coefficient (Wildman–Crippen LogP) is 2.43. The summed E-state index contributed by atoms with van der Waals surface area (Å²) in [6.45, 7) is 2.40. The van der Waals surface area contributed by atoms with E-state index in [1.54, 1.807) is 6.92 Å². The molecule has 0 spiro atoms. The van der Waals surface area contributed by atoms with E-state index in [-0.39, 0.29) is 5.91 Å². The van der Waals surface area contributed by atoms with Crippen LogP contribution in [0.3, 0.4) is 0 Å². The summed E-state index contributed by atoms with van der Waals surface area (Å²) in [4.78, 5) is 11.6. The van der Waals surface area contributed by atoms with Crippen LogP contribution in [-0.2, 0) is 0 Å². The van der Waals surface area contributed by atoms with E-state index in [0.29, 0.717) is 18.5 Å². The molecule has 0 aliphatic rings. The van der Waals surface area contributed by atoms with Gasteiger partial charge < -0.3 is 5.32 Å². The highest BCUT2D eigenvalue weighted by Gasteiger charge is 2.02. The third-order valence-corrected chi connectivity index (χ3v) is 2.54. The molecule has 0 atom stereocenters. The van der Waals surface area contributed by atoms with Crippen molar-refractivity contribution in [2.75, 3.05) is 6.54 Å². The number of nitrogens with one attached hydrogen (secondary N) is 1. The molecule has 0 aliphatic heterocycles. The molecule has 1 rings (SSSR count). The van der Waals surface area contributed by atoms with Crippen LogP contribution < -0.4 is 5.32 Å². The summed E-state index contributed by atoms with van der Waals surface area (Å²) in [6.07, 6.45) is 0.701. The Morgan fingerprint density at radius 3 is 2.67 bits per heavy atom. The fourth-order valence-corrected chi connectivity index (χ4v) is 1.43. The van der Waals surface area contributed by atoms with Gasteiger partial charge in [0.05, 0.1) is 0 Å². The molecular weight excluding hydrogens is 301 g/mol. The lowest BCUT2D eigenvalue weighted by Gasteiger charge is -2.02. The van der Waals surface area contributed by atoms with Crippen LogP contribution in [0, 0.1) is 15.4 Å². The molecule has 1 aromatic carbocycles. The number of carbonyl (C=O) groups excluding carboxylic acids is 1. The number of amides is 1. The van der Waals surface area contributed by atoms with Crippen LogP contribution in [0.25, 0.3) is 0 Å². The van der Waals surface area contributed by atoms with Gasteiger partial charge in [-0.05, 0) is 53.8 Å². The predicted molar refractivity (Wildman–Crippen MR) is 69.6 cm³/mol. The van der Waals surface area contributed by atoms with Crippen LogP contribution in [-0.4, -0.2) is 12.5 Å². The summed E-state index contributed by atoms with van der Waals surface area (Å²) >= 11 is 2.21. The zero-order valence-corrected chi connectivity index (χ0v) is 10.7. The van der Waals surface area contributed by atoms with Gasteiger partial charge in [0.25, 0.3) is 5.91 Å². The zero-order chi connectivity index (χ0) is 11.1. The second-order valence-corrected chi connectivity index (χ2v) is 4.19. The lowest BCUT2D eigenvalue weighted by Crippen LogP contribution is -2.24. The maximum atomic E-state index is 11.6. The monoisotopic (exact) mass is 313 g/mol. The first-order chi connectivity index (χ1) is 7.24. The van der Waals surface area contributed by atoms with Crippen molar-refractivity contribution in [1.82, 2.24) is 5.32 Å². The second-order valence-electron chi connectivity index (χ2n) is 2.94.